The zero-order valence-electron chi connectivity index (χ0n) is 9.62. The molecule has 0 bridgehead atoms. The van der Waals surface area contributed by atoms with Gasteiger partial charge in [-0.05, 0) is 44.4 Å². The molecule has 1 aliphatic rings. The van der Waals surface area contributed by atoms with Crippen LogP contribution in [0.3, 0.4) is 0 Å². The van der Waals surface area contributed by atoms with Gasteiger partial charge in [0.05, 0.1) is 6.10 Å². The molecule has 1 fully saturated rings. The molecule has 3 heteroatoms. The minimum atomic E-state index is -0.618. The van der Waals surface area contributed by atoms with Crippen LogP contribution in [0.2, 0.25) is 0 Å². The lowest BCUT2D eigenvalue weighted by atomic mass is 10.0. The SMILES string of the molecule is C[C@H](O)c1cc(F)ccc1N1CCCCC1. The Morgan fingerprint density at radius 2 is 1.94 bits per heavy atom. The summed E-state index contributed by atoms with van der Waals surface area (Å²) >= 11 is 0. The number of hydrogen-bond donors (Lipinski definition) is 1. The van der Waals surface area contributed by atoms with E-state index < -0.39 is 6.10 Å². The summed E-state index contributed by atoms with van der Waals surface area (Å²) in [6.07, 6.45) is 3.00. The molecule has 0 aliphatic carbocycles. The van der Waals surface area contributed by atoms with Crippen molar-refractivity contribution in [3.05, 3.63) is 29.6 Å². The Labute approximate surface area is 95.7 Å². The first-order valence-corrected chi connectivity index (χ1v) is 5.91. The van der Waals surface area contributed by atoms with Gasteiger partial charge in [-0.1, -0.05) is 0 Å². The molecular weight excluding hydrogens is 205 g/mol. The minimum Gasteiger partial charge on any atom is -0.389 e. The summed E-state index contributed by atoms with van der Waals surface area (Å²) in [5, 5.41) is 9.67. The zero-order valence-corrected chi connectivity index (χ0v) is 9.62. The Hall–Kier alpha value is -1.09. The van der Waals surface area contributed by atoms with Gasteiger partial charge >= 0.3 is 0 Å². The van der Waals surface area contributed by atoms with Gasteiger partial charge in [-0.3, -0.25) is 0 Å². The third-order valence-corrected chi connectivity index (χ3v) is 3.14. The molecule has 0 spiro atoms. The standard InChI is InChI=1S/C13H18FNO/c1-10(16)12-9-11(14)5-6-13(12)15-7-3-2-4-8-15/h5-6,9-10,16H,2-4,7-8H2,1H3/t10-/m0/s1. The number of anilines is 1. The van der Waals surface area contributed by atoms with Crippen molar-refractivity contribution in [1.82, 2.24) is 0 Å². The number of halogens is 1. The number of piperidine rings is 1. The van der Waals surface area contributed by atoms with Crippen LogP contribution in [0.15, 0.2) is 18.2 Å². The molecule has 0 radical (unpaired) electrons. The van der Waals surface area contributed by atoms with Crippen LogP contribution in [0.4, 0.5) is 10.1 Å². The number of aliphatic hydroxyl groups excluding tert-OH is 1. The Balaban J connectivity index is 2.31. The van der Waals surface area contributed by atoms with Crippen LogP contribution in [0, 0.1) is 5.82 Å². The van der Waals surface area contributed by atoms with Crippen LogP contribution < -0.4 is 4.90 Å². The lowest BCUT2D eigenvalue weighted by Gasteiger charge is -2.31. The van der Waals surface area contributed by atoms with Crippen molar-refractivity contribution in [1.29, 1.82) is 0 Å². The van der Waals surface area contributed by atoms with E-state index >= 15 is 0 Å². The largest absolute Gasteiger partial charge is 0.389 e. The summed E-state index contributed by atoms with van der Waals surface area (Å²) < 4.78 is 13.1. The fourth-order valence-corrected chi connectivity index (χ4v) is 2.28. The fraction of sp³-hybridized carbons (Fsp3) is 0.538. The molecule has 1 aromatic carbocycles. The highest BCUT2D eigenvalue weighted by Crippen LogP contribution is 2.29. The molecule has 0 saturated carbocycles. The first-order valence-electron chi connectivity index (χ1n) is 5.91. The second kappa shape index (κ2) is 4.83. The van der Waals surface area contributed by atoms with Gasteiger partial charge in [0.25, 0.3) is 0 Å². The molecule has 1 saturated heterocycles. The molecule has 2 nitrogen and oxygen atoms in total. The monoisotopic (exact) mass is 223 g/mol. The van der Waals surface area contributed by atoms with Crippen molar-refractivity contribution in [2.45, 2.75) is 32.3 Å². The van der Waals surface area contributed by atoms with E-state index in [-0.39, 0.29) is 5.82 Å². The fourth-order valence-electron chi connectivity index (χ4n) is 2.28. The Bertz CT molecular complexity index is 359. The number of hydrogen-bond acceptors (Lipinski definition) is 2. The predicted molar refractivity (Wildman–Crippen MR) is 63.1 cm³/mol. The van der Waals surface area contributed by atoms with Crippen LogP contribution in [-0.4, -0.2) is 18.2 Å². The highest BCUT2D eigenvalue weighted by Gasteiger charge is 2.17. The lowest BCUT2D eigenvalue weighted by Crippen LogP contribution is -2.30. The number of aliphatic hydroxyl groups is 1. The number of nitrogens with zero attached hydrogens (tertiary/aromatic N) is 1. The Morgan fingerprint density at radius 1 is 1.25 bits per heavy atom. The first-order chi connectivity index (χ1) is 7.68. The van der Waals surface area contributed by atoms with Crippen molar-refractivity contribution in [2.75, 3.05) is 18.0 Å². The van der Waals surface area contributed by atoms with Crippen molar-refractivity contribution in [2.24, 2.45) is 0 Å². The maximum absolute atomic E-state index is 13.1. The molecule has 0 amide bonds. The molecule has 0 aromatic heterocycles. The summed E-state index contributed by atoms with van der Waals surface area (Å²) in [6.45, 7) is 3.69. The van der Waals surface area contributed by atoms with E-state index in [9.17, 15) is 9.50 Å². The summed E-state index contributed by atoms with van der Waals surface area (Å²) in [5.74, 6) is -0.281. The quantitative estimate of drug-likeness (QED) is 0.833. The van der Waals surface area contributed by atoms with E-state index in [1.165, 1.54) is 31.4 Å². The first kappa shape index (κ1) is 11.4. The number of rotatable bonds is 2. The van der Waals surface area contributed by atoms with E-state index in [2.05, 4.69) is 4.90 Å². The molecule has 1 atom stereocenters. The van der Waals surface area contributed by atoms with Crippen molar-refractivity contribution in [3.8, 4) is 0 Å². The van der Waals surface area contributed by atoms with E-state index in [1.54, 1.807) is 13.0 Å². The van der Waals surface area contributed by atoms with Gasteiger partial charge < -0.3 is 10.0 Å². The smallest absolute Gasteiger partial charge is 0.123 e. The minimum absolute atomic E-state index is 0.281. The topological polar surface area (TPSA) is 23.5 Å². The van der Waals surface area contributed by atoms with Gasteiger partial charge in [-0.25, -0.2) is 4.39 Å². The second-order valence-corrected chi connectivity index (χ2v) is 4.43. The third kappa shape index (κ3) is 2.35. The molecule has 1 aliphatic heterocycles. The average Bonchev–Trinajstić information content (AvgIpc) is 2.30. The molecule has 1 heterocycles. The Morgan fingerprint density at radius 3 is 2.56 bits per heavy atom. The maximum Gasteiger partial charge on any atom is 0.123 e. The van der Waals surface area contributed by atoms with Crippen LogP contribution in [0.1, 0.15) is 37.9 Å². The summed E-state index contributed by atoms with van der Waals surface area (Å²) in [4.78, 5) is 2.24. The number of benzene rings is 1. The third-order valence-electron chi connectivity index (χ3n) is 3.14. The van der Waals surface area contributed by atoms with Crippen LogP contribution in [-0.2, 0) is 0 Å². The lowest BCUT2D eigenvalue weighted by molar-refractivity contribution is 0.199. The highest BCUT2D eigenvalue weighted by atomic mass is 19.1. The molecule has 2 rings (SSSR count). The van der Waals surface area contributed by atoms with Gasteiger partial charge in [0.2, 0.25) is 0 Å². The average molecular weight is 223 g/mol. The summed E-state index contributed by atoms with van der Waals surface area (Å²) in [6, 6.07) is 4.69. The van der Waals surface area contributed by atoms with E-state index in [0.717, 1.165) is 18.8 Å². The maximum atomic E-state index is 13.1. The van der Waals surface area contributed by atoms with Gasteiger partial charge in [-0.15, -0.1) is 0 Å². The van der Waals surface area contributed by atoms with Gasteiger partial charge in [-0.2, -0.15) is 0 Å². The zero-order chi connectivity index (χ0) is 11.5. The normalized spacial score (nSPS) is 18.6. The van der Waals surface area contributed by atoms with E-state index in [4.69, 9.17) is 0 Å². The van der Waals surface area contributed by atoms with E-state index in [1.807, 2.05) is 0 Å². The highest BCUT2D eigenvalue weighted by molar-refractivity contribution is 5.55. The summed E-state index contributed by atoms with van der Waals surface area (Å²) in [5.41, 5.74) is 1.68. The summed E-state index contributed by atoms with van der Waals surface area (Å²) in [7, 11) is 0. The van der Waals surface area contributed by atoms with E-state index in [0.29, 0.717) is 5.56 Å². The Kier molecular flexibility index (Phi) is 3.44. The van der Waals surface area contributed by atoms with Crippen LogP contribution >= 0.6 is 0 Å². The van der Waals surface area contributed by atoms with Crippen LogP contribution in [0.5, 0.6) is 0 Å². The molecule has 1 aromatic rings. The second-order valence-electron chi connectivity index (χ2n) is 4.43. The van der Waals surface area contributed by atoms with Crippen molar-refractivity contribution >= 4 is 5.69 Å². The molecule has 16 heavy (non-hydrogen) atoms. The molecule has 88 valence electrons. The van der Waals surface area contributed by atoms with Gasteiger partial charge in [0.15, 0.2) is 0 Å². The predicted octanol–water partition coefficient (Wildman–Crippen LogP) is 2.87. The van der Waals surface area contributed by atoms with Crippen molar-refractivity contribution in [3.63, 3.8) is 0 Å². The van der Waals surface area contributed by atoms with Crippen LogP contribution in [0.25, 0.3) is 0 Å². The molecule has 0 unspecified atom stereocenters. The van der Waals surface area contributed by atoms with Gasteiger partial charge in [0, 0.05) is 24.3 Å². The molecule has 1 N–H and O–H groups in total. The molecular formula is C13H18FNO. The van der Waals surface area contributed by atoms with Crippen molar-refractivity contribution < 1.29 is 9.50 Å². The van der Waals surface area contributed by atoms with Gasteiger partial charge in [0.1, 0.15) is 5.82 Å².